The number of nitrogens with zero attached hydrogens (tertiary/aromatic N) is 4. The van der Waals surface area contributed by atoms with Crippen LogP contribution in [0.25, 0.3) is 11.1 Å². The second kappa shape index (κ2) is 8.55. The lowest BCUT2D eigenvalue weighted by Gasteiger charge is -2.07. The van der Waals surface area contributed by atoms with E-state index in [2.05, 4.69) is 67.4 Å². The number of hydrogen-bond acceptors (Lipinski definition) is 4. The lowest BCUT2D eigenvalue weighted by molar-refractivity contribution is 0.997. The van der Waals surface area contributed by atoms with Gasteiger partial charge in [-0.2, -0.15) is 10.2 Å². The molecule has 8 heteroatoms. The van der Waals surface area contributed by atoms with Gasteiger partial charge < -0.3 is 11.5 Å². The van der Waals surface area contributed by atoms with E-state index in [9.17, 15) is 0 Å². The van der Waals surface area contributed by atoms with E-state index < -0.39 is 0 Å². The van der Waals surface area contributed by atoms with Crippen molar-refractivity contribution in [2.75, 3.05) is 14.1 Å². The molecule has 0 heterocycles. The highest BCUT2D eigenvalue weighted by atomic mass is 15.4. The van der Waals surface area contributed by atoms with Crippen molar-refractivity contribution in [2.45, 2.75) is 20.3 Å². The van der Waals surface area contributed by atoms with Crippen LogP contribution in [0.2, 0.25) is 0 Å². The molecule has 2 aromatic carbocycles. The van der Waals surface area contributed by atoms with Crippen molar-refractivity contribution >= 4 is 23.3 Å². The second-order valence-electron chi connectivity index (χ2n) is 6.76. The number of rotatable bonds is 4. The number of nitrogens with one attached hydrogen (secondary N) is 2. The van der Waals surface area contributed by atoms with Crippen LogP contribution in [-0.2, 0) is 6.42 Å². The smallest absolute Gasteiger partial charge is 0.209 e. The van der Waals surface area contributed by atoms with Crippen LogP contribution < -0.4 is 22.3 Å². The average molecular weight is 390 g/mol. The highest BCUT2D eigenvalue weighted by molar-refractivity contribution is 6.01. The van der Waals surface area contributed by atoms with Crippen molar-refractivity contribution in [3.8, 4) is 11.1 Å². The van der Waals surface area contributed by atoms with E-state index in [0.717, 1.165) is 29.0 Å². The Kier molecular flexibility index (Phi) is 5.92. The number of guanidine groups is 2. The summed E-state index contributed by atoms with van der Waals surface area (Å²) in [5.74, 6) is 0.563. The molecule has 0 spiro atoms. The van der Waals surface area contributed by atoms with Crippen molar-refractivity contribution in [2.24, 2.45) is 31.7 Å². The van der Waals surface area contributed by atoms with Crippen molar-refractivity contribution in [3.63, 3.8) is 0 Å². The first kappa shape index (κ1) is 20.1. The maximum Gasteiger partial charge on any atom is 0.209 e. The van der Waals surface area contributed by atoms with Crippen molar-refractivity contribution < 1.29 is 0 Å². The number of nitrogens with two attached hydrogens (primary N) is 2. The van der Waals surface area contributed by atoms with Gasteiger partial charge in [0.15, 0.2) is 0 Å². The van der Waals surface area contributed by atoms with Gasteiger partial charge in [0.2, 0.25) is 11.9 Å². The zero-order chi connectivity index (χ0) is 21.0. The fourth-order valence-electron chi connectivity index (χ4n) is 3.17. The first-order chi connectivity index (χ1) is 13.9. The van der Waals surface area contributed by atoms with E-state index in [1.807, 2.05) is 13.8 Å². The largest absolute Gasteiger partial charge is 0.369 e. The minimum Gasteiger partial charge on any atom is -0.369 e. The molecule has 3 rings (SSSR count). The van der Waals surface area contributed by atoms with Gasteiger partial charge in [0, 0.05) is 14.1 Å². The minimum atomic E-state index is 0.281. The Morgan fingerprint density at radius 3 is 1.55 bits per heavy atom. The molecule has 0 amide bonds. The van der Waals surface area contributed by atoms with Crippen LogP contribution in [-0.4, -0.2) is 37.4 Å². The predicted octanol–water partition coefficient (Wildman–Crippen LogP) is 1.77. The van der Waals surface area contributed by atoms with Gasteiger partial charge in [-0.15, -0.1) is 0 Å². The Labute approximate surface area is 170 Å². The summed E-state index contributed by atoms with van der Waals surface area (Å²) in [5, 5.41) is 8.57. The monoisotopic (exact) mass is 390 g/mol. The summed E-state index contributed by atoms with van der Waals surface area (Å²) in [6.07, 6.45) is 0.866. The van der Waals surface area contributed by atoms with E-state index >= 15 is 0 Å². The number of benzene rings is 2. The maximum absolute atomic E-state index is 5.64. The summed E-state index contributed by atoms with van der Waals surface area (Å²) in [5.41, 5.74) is 25.6. The Morgan fingerprint density at radius 1 is 0.759 bits per heavy atom. The van der Waals surface area contributed by atoms with Gasteiger partial charge in [-0.3, -0.25) is 9.98 Å². The molecule has 6 N–H and O–H groups in total. The molecule has 0 aliphatic heterocycles. The molecule has 8 nitrogen and oxygen atoms in total. The molecule has 0 bridgehead atoms. The molecular formula is C21H26N8. The molecule has 0 unspecified atom stereocenters. The predicted molar refractivity (Wildman–Crippen MR) is 120 cm³/mol. The molecule has 0 fully saturated rings. The van der Waals surface area contributed by atoms with Gasteiger partial charge in [-0.25, -0.2) is 10.9 Å². The SMILES string of the molecule is CN=C(N)NN=C(C)c1ccc2c(c1)Cc1cc(C(C)=NNC(N)=NC)ccc1-2. The Hall–Kier alpha value is -3.68. The van der Waals surface area contributed by atoms with E-state index in [1.165, 1.54) is 22.3 Å². The summed E-state index contributed by atoms with van der Waals surface area (Å²) >= 11 is 0. The highest BCUT2D eigenvalue weighted by Gasteiger charge is 2.19. The molecule has 29 heavy (non-hydrogen) atoms. The molecule has 0 radical (unpaired) electrons. The van der Waals surface area contributed by atoms with E-state index in [4.69, 9.17) is 11.5 Å². The lowest BCUT2D eigenvalue weighted by atomic mass is 10.0. The molecule has 0 saturated carbocycles. The third kappa shape index (κ3) is 4.43. The van der Waals surface area contributed by atoms with Crippen molar-refractivity contribution in [3.05, 3.63) is 58.7 Å². The molecular weight excluding hydrogens is 364 g/mol. The van der Waals surface area contributed by atoms with Crippen LogP contribution in [0.3, 0.4) is 0 Å². The summed E-state index contributed by atoms with van der Waals surface area (Å²) in [4.78, 5) is 7.68. The van der Waals surface area contributed by atoms with Gasteiger partial charge in [-0.05, 0) is 65.8 Å². The molecule has 0 atom stereocenters. The summed E-state index contributed by atoms with van der Waals surface area (Å²) in [7, 11) is 3.23. The average Bonchev–Trinajstić information content (AvgIpc) is 3.11. The third-order valence-corrected chi connectivity index (χ3v) is 4.88. The van der Waals surface area contributed by atoms with Gasteiger partial charge in [0.25, 0.3) is 0 Å². The molecule has 1 aliphatic rings. The zero-order valence-corrected chi connectivity index (χ0v) is 17.1. The van der Waals surface area contributed by atoms with Crippen LogP contribution in [0.5, 0.6) is 0 Å². The first-order valence-electron chi connectivity index (χ1n) is 9.25. The summed E-state index contributed by atoms with van der Waals surface area (Å²) < 4.78 is 0. The molecule has 2 aromatic rings. The second-order valence-corrected chi connectivity index (χ2v) is 6.76. The van der Waals surface area contributed by atoms with Crippen LogP contribution in [0, 0.1) is 0 Å². The number of hydrogen-bond donors (Lipinski definition) is 4. The molecule has 1 aliphatic carbocycles. The van der Waals surface area contributed by atoms with Crippen LogP contribution in [0.1, 0.15) is 36.1 Å². The van der Waals surface area contributed by atoms with Crippen LogP contribution in [0.4, 0.5) is 0 Å². The number of aliphatic imine (C=N–C) groups is 2. The van der Waals surface area contributed by atoms with Gasteiger partial charge >= 0.3 is 0 Å². The molecule has 0 saturated heterocycles. The van der Waals surface area contributed by atoms with Crippen LogP contribution in [0.15, 0.2) is 56.6 Å². The highest BCUT2D eigenvalue weighted by Crippen LogP contribution is 2.37. The first-order valence-corrected chi connectivity index (χ1v) is 9.25. The van der Waals surface area contributed by atoms with E-state index in [-0.39, 0.29) is 11.9 Å². The molecule has 150 valence electrons. The fraction of sp³-hybridized carbons (Fsp3) is 0.238. The fourth-order valence-corrected chi connectivity index (χ4v) is 3.17. The summed E-state index contributed by atoms with van der Waals surface area (Å²) in [6, 6.07) is 12.8. The third-order valence-electron chi connectivity index (χ3n) is 4.88. The number of fused-ring (bicyclic) bond motifs is 3. The lowest BCUT2D eigenvalue weighted by Crippen LogP contribution is -2.27. The van der Waals surface area contributed by atoms with E-state index in [0.29, 0.717) is 0 Å². The normalized spacial score (nSPS) is 14.5. The summed E-state index contributed by atoms with van der Waals surface area (Å²) in [6.45, 7) is 3.88. The van der Waals surface area contributed by atoms with Crippen molar-refractivity contribution in [1.82, 2.24) is 10.9 Å². The Bertz CT molecular complexity index is 963. The number of hydrazone groups is 2. The topological polar surface area (TPSA) is 126 Å². The minimum absolute atomic E-state index is 0.281. The molecule has 0 aromatic heterocycles. The van der Waals surface area contributed by atoms with E-state index in [1.54, 1.807) is 14.1 Å². The van der Waals surface area contributed by atoms with Crippen LogP contribution >= 0.6 is 0 Å². The van der Waals surface area contributed by atoms with Gasteiger partial charge in [0.1, 0.15) is 0 Å². The Morgan fingerprint density at radius 2 is 1.17 bits per heavy atom. The quantitative estimate of drug-likeness (QED) is 0.308. The van der Waals surface area contributed by atoms with Gasteiger partial charge in [-0.1, -0.05) is 24.3 Å². The standard InChI is InChI=1S/C21H26N8/c1-12(26-28-20(22)24-3)14-5-7-18-16(9-14)11-17-10-15(6-8-19(17)18)13(2)27-29-21(23)25-4/h5-10H,11H2,1-4H3,(H3,22,24,28)(H3,23,25,29). The zero-order valence-electron chi connectivity index (χ0n) is 17.1. The van der Waals surface area contributed by atoms with Crippen molar-refractivity contribution in [1.29, 1.82) is 0 Å². The Balaban J connectivity index is 1.83. The van der Waals surface area contributed by atoms with Gasteiger partial charge in [0.05, 0.1) is 11.4 Å². The maximum atomic E-state index is 5.64.